The summed E-state index contributed by atoms with van der Waals surface area (Å²) in [7, 11) is 0. The minimum atomic E-state index is -0.737. The number of rotatable bonds is 4. The van der Waals surface area contributed by atoms with Crippen LogP contribution >= 0.6 is 0 Å². The van der Waals surface area contributed by atoms with Crippen molar-refractivity contribution in [3.63, 3.8) is 0 Å². The molecule has 20 heavy (non-hydrogen) atoms. The van der Waals surface area contributed by atoms with E-state index in [0.717, 1.165) is 25.7 Å². The number of nitro groups is 1. The van der Waals surface area contributed by atoms with Crippen LogP contribution in [0, 0.1) is 23.0 Å². The van der Waals surface area contributed by atoms with Crippen molar-refractivity contribution < 1.29 is 10.0 Å². The summed E-state index contributed by atoms with van der Waals surface area (Å²) in [6.45, 7) is 4.18. The van der Waals surface area contributed by atoms with Gasteiger partial charge in [0.1, 0.15) is 5.82 Å². The van der Waals surface area contributed by atoms with Crippen LogP contribution in [0.4, 0.5) is 11.5 Å². The highest BCUT2D eigenvalue weighted by atomic mass is 16.6. The fraction of sp³-hybridized carbons (Fsp3) is 0.643. The monoisotopic (exact) mass is 279 g/mol. The Bertz CT molecular complexity index is 506. The van der Waals surface area contributed by atoms with Gasteiger partial charge in [0.2, 0.25) is 0 Å². The maximum atomic E-state index is 10.9. The number of aryl methyl sites for hydroxylation is 1. The SMILES string of the molecule is Cc1cnc(NCC2(O)CCCC(C)C2)cc1[N+](=O)[O-]. The van der Waals surface area contributed by atoms with E-state index in [-0.39, 0.29) is 5.69 Å². The van der Waals surface area contributed by atoms with Crippen molar-refractivity contribution in [2.45, 2.75) is 45.1 Å². The van der Waals surface area contributed by atoms with E-state index < -0.39 is 10.5 Å². The number of anilines is 1. The van der Waals surface area contributed by atoms with Crippen LogP contribution in [-0.2, 0) is 0 Å². The van der Waals surface area contributed by atoms with Crippen LogP contribution in [0.25, 0.3) is 0 Å². The Labute approximate surface area is 118 Å². The summed E-state index contributed by atoms with van der Waals surface area (Å²) in [5.41, 5.74) is -0.156. The van der Waals surface area contributed by atoms with Gasteiger partial charge in [0.15, 0.2) is 0 Å². The van der Waals surface area contributed by atoms with Gasteiger partial charge in [0.25, 0.3) is 5.69 Å². The smallest absolute Gasteiger partial charge is 0.277 e. The standard InChI is InChI=1S/C14H21N3O3/c1-10-4-3-5-14(18,7-10)9-16-13-6-12(17(19)20)11(2)8-15-13/h6,8,10,18H,3-5,7,9H2,1-2H3,(H,15,16). The Balaban J connectivity index is 2.03. The van der Waals surface area contributed by atoms with Crippen LogP contribution in [0.5, 0.6) is 0 Å². The van der Waals surface area contributed by atoms with Crippen molar-refractivity contribution in [3.8, 4) is 0 Å². The fourth-order valence-corrected chi connectivity index (χ4v) is 2.85. The number of hydrogen-bond acceptors (Lipinski definition) is 5. The highest BCUT2D eigenvalue weighted by Gasteiger charge is 2.32. The van der Waals surface area contributed by atoms with Crippen LogP contribution in [0.2, 0.25) is 0 Å². The highest BCUT2D eigenvalue weighted by Crippen LogP contribution is 2.32. The molecular weight excluding hydrogens is 258 g/mol. The molecule has 110 valence electrons. The highest BCUT2D eigenvalue weighted by molar-refractivity contribution is 5.49. The van der Waals surface area contributed by atoms with Crippen molar-refractivity contribution in [1.29, 1.82) is 0 Å². The van der Waals surface area contributed by atoms with Gasteiger partial charge in [0, 0.05) is 18.3 Å². The third kappa shape index (κ3) is 3.45. The molecule has 0 radical (unpaired) electrons. The van der Waals surface area contributed by atoms with E-state index in [1.807, 2.05) is 0 Å². The zero-order valence-corrected chi connectivity index (χ0v) is 11.9. The lowest BCUT2D eigenvalue weighted by Gasteiger charge is -2.35. The normalized spacial score (nSPS) is 26.2. The first-order chi connectivity index (χ1) is 9.39. The Kier molecular flexibility index (Phi) is 4.23. The van der Waals surface area contributed by atoms with Crippen LogP contribution < -0.4 is 5.32 Å². The first-order valence-corrected chi connectivity index (χ1v) is 6.97. The summed E-state index contributed by atoms with van der Waals surface area (Å²) in [5, 5.41) is 24.4. The molecule has 2 N–H and O–H groups in total. The van der Waals surface area contributed by atoms with E-state index in [4.69, 9.17) is 0 Å². The summed E-state index contributed by atoms with van der Waals surface area (Å²) in [6, 6.07) is 1.42. The fourth-order valence-electron chi connectivity index (χ4n) is 2.85. The number of hydrogen-bond donors (Lipinski definition) is 2. The maximum absolute atomic E-state index is 10.9. The molecule has 1 aromatic rings. The molecule has 1 aliphatic rings. The lowest BCUT2D eigenvalue weighted by molar-refractivity contribution is -0.385. The molecule has 0 aromatic carbocycles. The Morgan fingerprint density at radius 3 is 3.05 bits per heavy atom. The number of nitrogens with zero attached hydrogens (tertiary/aromatic N) is 2. The molecule has 2 unspecified atom stereocenters. The molecule has 0 aliphatic heterocycles. The first-order valence-electron chi connectivity index (χ1n) is 6.97. The summed E-state index contributed by atoms with van der Waals surface area (Å²) in [6.07, 6.45) is 5.16. The molecule has 1 aliphatic carbocycles. The minimum absolute atomic E-state index is 0.0477. The lowest BCUT2D eigenvalue weighted by Crippen LogP contribution is -2.41. The summed E-state index contributed by atoms with van der Waals surface area (Å²) in [4.78, 5) is 14.6. The van der Waals surface area contributed by atoms with E-state index in [1.165, 1.54) is 12.3 Å². The van der Waals surface area contributed by atoms with Gasteiger partial charge in [0.05, 0.1) is 16.6 Å². The van der Waals surface area contributed by atoms with Gasteiger partial charge in [-0.15, -0.1) is 0 Å². The topological polar surface area (TPSA) is 88.3 Å². The van der Waals surface area contributed by atoms with Gasteiger partial charge in [-0.1, -0.05) is 19.8 Å². The summed E-state index contributed by atoms with van der Waals surface area (Å²) < 4.78 is 0. The van der Waals surface area contributed by atoms with E-state index in [2.05, 4.69) is 17.2 Å². The average Bonchev–Trinajstić information content (AvgIpc) is 2.37. The number of pyridine rings is 1. The molecule has 1 fully saturated rings. The molecule has 6 heteroatoms. The van der Waals surface area contributed by atoms with Gasteiger partial charge in [-0.05, 0) is 25.7 Å². The predicted octanol–water partition coefficient (Wildman–Crippen LogP) is 2.65. The van der Waals surface area contributed by atoms with Gasteiger partial charge < -0.3 is 10.4 Å². The molecule has 2 rings (SSSR count). The van der Waals surface area contributed by atoms with E-state index >= 15 is 0 Å². The van der Waals surface area contributed by atoms with Crippen molar-refractivity contribution in [2.24, 2.45) is 5.92 Å². The zero-order valence-electron chi connectivity index (χ0n) is 11.9. The molecule has 0 amide bonds. The van der Waals surface area contributed by atoms with Gasteiger partial charge >= 0.3 is 0 Å². The first kappa shape index (κ1) is 14.7. The second-order valence-corrected chi connectivity index (χ2v) is 5.89. The van der Waals surface area contributed by atoms with Crippen molar-refractivity contribution in [3.05, 3.63) is 27.9 Å². The molecule has 0 spiro atoms. The molecule has 2 atom stereocenters. The zero-order chi connectivity index (χ0) is 14.8. The number of aliphatic hydroxyl groups is 1. The molecule has 1 heterocycles. The van der Waals surface area contributed by atoms with E-state index in [9.17, 15) is 15.2 Å². The van der Waals surface area contributed by atoms with Gasteiger partial charge in [-0.25, -0.2) is 4.98 Å². The third-order valence-corrected chi connectivity index (χ3v) is 3.94. The average molecular weight is 279 g/mol. The quantitative estimate of drug-likeness (QED) is 0.653. The summed E-state index contributed by atoms with van der Waals surface area (Å²) in [5.74, 6) is 0.949. The van der Waals surface area contributed by atoms with Crippen LogP contribution in [0.3, 0.4) is 0 Å². The summed E-state index contributed by atoms with van der Waals surface area (Å²) >= 11 is 0. The molecule has 0 bridgehead atoms. The van der Waals surface area contributed by atoms with Gasteiger partial charge in [-0.3, -0.25) is 10.1 Å². The van der Waals surface area contributed by atoms with E-state index in [1.54, 1.807) is 6.92 Å². The predicted molar refractivity (Wildman–Crippen MR) is 76.7 cm³/mol. The molecule has 0 saturated heterocycles. The Hall–Kier alpha value is -1.69. The van der Waals surface area contributed by atoms with Crippen LogP contribution in [0.1, 0.15) is 38.2 Å². The molecule has 1 aromatic heterocycles. The third-order valence-electron chi connectivity index (χ3n) is 3.94. The lowest BCUT2D eigenvalue weighted by atomic mass is 9.79. The van der Waals surface area contributed by atoms with Crippen molar-refractivity contribution in [1.82, 2.24) is 4.98 Å². The van der Waals surface area contributed by atoms with E-state index in [0.29, 0.717) is 23.8 Å². The van der Waals surface area contributed by atoms with Crippen molar-refractivity contribution >= 4 is 11.5 Å². The molecular formula is C14H21N3O3. The maximum Gasteiger partial charge on any atom is 0.277 e. The molecule has 6 nitrogen and oxygen atoms in total. The van der Waals surface area contributed by atoms with Crippen LogP contribution in [-0.4, -0.2) is 27.2 Å². The van der Waals surface area contributed by atoms with Gasteiger partial charge in [-0.2, -0.15) is 0 Å². The second kappa shape index (κ2) is 5.75. The van der Waals surface area contributed by atoms with Crippen LogP contribution in [0.15, 0.2) is 12.3 Å². The number of aromatic nitrogens is 1. The second-order valence-electron chi connectivity index (χ2n) is 5.89. The molecule has 1 saturated carbocycles. The Morgan fingerprint density at radius 2 is 2.40 bits per heavy atom. The Morgan fingerprint density at radius 1 is 1.65 bits per heavy atom. The number of nitrogens with one attached hydrogen (secondary N) is 1. The largest absolute Gasteiger partial charge is 0.388 e. The minimum Gasteiger partial charge on any atom is -0.388 e. The van der Waals surface area contributed by atoms with Crippen molar-refractivity contribution in [2.75, 3.05) is 11.9 Å².